The number of aromatic nitrogens is 2. The lowest BCUT2D eigenvalue weighted by Crippen LogP contribution is -2.48. The Balaban J connectivity index is 1.20. The summed E-state index contributed by atoms with van der Waals surface area (Å²) < 4.78 is 1.81. The van der Waals surface area contributed by atoms with Crippen LogP contribution < -0.4 is 10.2 Å². The van der Waals surface area contributed by atoms with Gasteiger partial charge in [-0.05, 0) is 48.1 Å². The first-order chi connectivity index (χ1) is 20.0. The van der Waals surface area contributed by atoms with Crippen LogP contribution in [-0.4, -0.2) is 70.0 Å². The third kappa shape index (κ3) is 5.75. The maximum atomic E-state index is 13.0. The van der Waals surface area contributed by atoms with Gasteiger partial charge in [0.2, 0.25) is 12.3 Å². The number of nitrogens with zero attached hydrogens (tertiary/aromatic N) is 5. The molecule has 2 N–H and O–H groups in total. The molecule has 0 saturated carbocycles. The van der Waals surface area contributed by atoms with E-state index in [9.17, 15) is 15.0 Å². The second-order valence-corrected chi connectivity index (χ2v) is 11.3. The van der Waals surface area contributed by atoms with Gasteiger partial charge in [-0.3, -0.25) is 19.7 Å². The Kier molecular flexibility index (Phi) is 7.59. The molecule has 1 unspecified atom stereocenters. The van der Waals surface area contributed by atoms with Crippen molar-refractivity contribution in [3.05, 3.63) is 83.3 Å². The van der Waals surface area contributed by atoms with Gasteiger partial charge < -0.3 is 20.0 Å². The fourth-order valence-corrected chi connectivity index (χ4v) is 6.21. The number of nitrogens with one attached hydrogen (secondary N) is 2. The highest BCUT2D eigenvalue weighted by Crippen LogP contribution is 2.33. The molecule has 41 heavy (non-hydrogen) atoms. The van der Waals surface area contributed by atoms with Crippen molar-refractivity contribution in [3.63, 3.8) is 0 Å². The van der Waals surface area contributed by atoms with Crippen molar-refractivity contribution in [1.82, 2.24) is 24.9 Å². The lowest BCUT2D eigenvalue weighted by atomic mass is 9.95. The maximum Gasteiger partial charge on any atom is 0.224 e. The molecular weight excluding hydrogens is 514 g/mol. The van der Waals surface area contributed by atoms with Crippen molar-refractivity contribution in [2.45, 2.75) is 44.7 Å². The molecule has 0 aliphatic carbocycles. The zero-order valence-corrected chi connectivity index (χ0v) is 23.6. The van der Waals surface area contributed by atoms with E-state index < -0.39 is 0 Å². The van der Waals surface area contributed by atoms with Crippen LogP contribution in [0.25, 0.3) is 11.1 Å². The zero-order valence-electron chi connectivity index (χ0n) is 23.6. The van der Waals surface area contributed by atoms with Crippen LogP contribution in [0.3, 0.4) is 0 Å². The van der Waals surface area contributed by atoms with Crippen LogP contribution in [-0.2, 0) is 29.6 Å². The van der Waals surface area contributed by atoms with E-state index in [1.54, 1.807) is 9.58 Å². The molecule has 1 atom stereocenters. The predicted molar refractivity (Wildman–Crippen MR) is 159 cm³/mol. The summed E-state index contributed by atoms with van der Waals surface area (Å²) in [4.78, 5) is 30.5. The highest BCUT2D eigenvalue weighted by Gasteiger charge is 2.31. The van der Waals surface area contributed by atoms with Crippen LogP contribution in [0.1, 0.15) is 36.8 Å². The molecule has 9 nitrogen and oxygen atoms in total. The number of likely N-dealkylation sites (tertiary alicyclic amines) is 1. The molecule has 1 saturated heterocycles. The van der Waals surface area contributed by atoms with Gasteiger partial charge >= 0.3 is 0 Å². The molecule has 9 heteroatoms. The van der Waals surface area contributed by atoms with Crippen molar-refractivity contribution >= 4 is 23.8 Å². The summed E-state index contributed by atoms with van der Waals surface area (Å²) in [6.07, 6.45) is 8.60. The second kappa shape index (κ2) is 11.6. The Morgan fingerprint density at radius 1 is 1.10 bits per heavy atom. The largest absolute Gasteiger partial charge is 0.385 e. The average Bonchev–Trinajstić information content (AvgIpc) is 3.44. The number of hydrogen-bond acceptors (Lipinski definition) is 5. The molecule has 4 heterocycles. The van der Waals surface area contributed by atoms with Crippen molar-refractivity contribution in [2.75, 3.05) is 31.1 Å². The third-order valence-electron chi connectivity index (χ3n) is 8.43. The van der Waals surface area contributed by atoms with E-state index in [1.165, 1.54) is 5.56 Å². The molecule has 0 spiro atoms. The van der Waals surface area contributed by atoms with Crippen molar-refractivity contribution in [1.29, 1.82) is 5.41 Å². The van der Waals surface area contributed by atoms with E-state index in [-0.39, 0.29) is 11.9 Å². The number of carbonyl (C=O) groups excluding carboxylic acids is 2. The van der Waals surface area contributed by atoms with Crippen LogP contribution in [0.2, 0.25) is 0 Å². The topological polar surface area (TPSA) is 97.6 Å². The van der Waals surface area contributed by atoms with E-state index in [1.807, 2.05) is 42.5 Å². The van der Waals surface area contributed by atoms with Crippen molar-refractivity contribution < 1.29 is 9.59 Å². The number of benzene rings is 2. The highest BCUT2D eigenvalue weighted by atomic mass is 16.2. The number of anilines is 1. The monoisotopic (exact) mass is 551 g/mol. The Labute approximate surface area is 240 Å². The van der Waals surface area contributed by atoms with Gasteiger partial charge in [0, 0.05) is 80.8 Å². The molecule has 3 aliphatic heterocycles. The molecule has 3 aromatic rings. The first-order valence-electron chi connectivity index (χ1n) is 14.5. The quantitative estimate of drug-likeness (QED) is 0.265. The average molecular weight is 552 g/mol. The number of rotatable bonds is 7. The number of carbonyl (C=O) groups is 2. The van der Waals surface area contributed by atoms with Crippen LogP contribution in [0.15, 0.2) is 72.2 Å². The molecule has 6 rings (SSSR count). The minimum atomic E-state index is 0.0192. The molecular formula is C32H37N7O2. The molecule has 2 amide bonds. The number of aryl methyl sites for hydroxylation is 2. The van der Waals surface area contributed by atoms with Gasteiger partial charge in [-0.15, -0.1) is 0 Å². The van der Waals surface area contributed by atoms with Crippen LogP contribution >= 0.6 is 0 Å². The normalized spacial score (nSPS) is 19.3. The van der Waals surface area contributed by atoms with Gasteiger partial charge in [0.1, 0.15) is 5.84 Å². The van der Waals surface area contributed by atoms with E-state index >= 15 is 0 Å². The molecule has 212 valence electrons. The van der Waals surface area contributed by atoms with E-state index in [0.717, 1.165) is 65.9 Å². The van der Waals surface area contributed by atoms with Crippen LogP contribution in [0, 0.1) is 5.41 Å². The van der Waals surface area contributed by atoms with Gasteiger partial charge in [0.05, 0.1) is 12.7 Å². The minimum absolute atomic E-state index is 0.0192. The Morgan fingerprint density at radius 2 is 1.95 bits per heavy atom. The molecule has 3 aliphatic rings. The van der Waals surface area contributed by atoms with E-state index in [0.29, 0.717) is 44.9 Å². The van der Waals surface area contributed by atoms with Crippen LogP contribution in [0.4, 0.5) is 5.69 Å². The standard InChI is InChI=1S/C32H37N7O2/c1-36-20-26(18-34-36)24-9-10-30-25(16-24)8-5-13-39(30)32(33)28-21-37(22-40)14-12-29(28)35-27-11-15-38(31(41)17-27)19-23-6-3-2-4-7-23/h2-4,6-7,9-10,16,18,20,22,27,33,35H,5,8,11-15,17,19,21H2,1H3. The Hall–Kier alpha value is -4.40. The molecule has 1 aromatic heterocycles. The molecule has 0 radical (unpaired) electrons. The number of amides is 2. The lowest BCUT2D eigenvalue weighted by Gasteiger charge is -2.38. The molecule has 1 fully saturated rings. The molecule has 2 aromatic carbocycles. The van der Waals surface area contributed by atoms with Crippen LogP contribution in [0.5, 0.6) is 0 Å². The third-order valence-corrected chi connectivity index (χ3v) is 8.43. The maximum absolute atomic E-state index is 13.0. The summed E-state index contributed by atoms with van der Waals surface area (Å²) in [7, 11) is 1.92. The predicted octanol–water partition coefficient (Wildman–Crippen LogP) is 3.71. The Morgan fingerprint density at radius 3 is 2.71 bits per heavy atom. The summed E-state index contributed by atoms with van der Waals surface area (Å²) in [6, 6.07) is 16.6. The fourth-order valence-electron chi connectivity index (χ4n) is 6.21. The van der Waals surface area contributed by atoms with E-state index in [2.05, 4.69) is 45.6 Å². The smallest absolute Gasteiger partial charge is 0.224 e. The summed E-state index contributed by atoms with van der Waals surface area (Å²) in [5.41, 5.74) is 7.44. The van der Waals surface area contributed by atoms with Crippen molar-refractivity contribution in [2.24, 2.45) is 7.05 Å². The van der Waals surface area contributed by atoms with Gasteiger partial charge in [0.25, 0.3) is 0 Å². The number of amidine groups is 1. The Bertz CT molecular complexity index is 1480. The lowest BCUT2D eigenvalue weighted by molar-refractivity contribution is -0.134. The minimum Gasteiger partial charge on any atom is -0.385 e. The SMILES string of the molecule is Cn1cc(-c2ccc3c(c2)CCCN3C(=N)C2=C(NC3CCN(Cc4ccccc4)C(=O)C3)CCN(C=O)C2)cn1. The second-order valence-electron chi connectivity index (χ2n) is 11.3. The number of piperidine rings is 1. The van der Waals surface area contributed by atoms with Gasteiger partial charge in [-0.2, -0.15) is 5.10 Å². The summed E-state index contributed by atoms with van der Waals surface area (Å²) in [6.45, 7) is 3.09. The van der Waals surface area contributed by atoms with Gasteiger partial charge in [0.15, 0.2) is 0 Å². The fraction of sp³-hybridized carbons (Fsp3) is 0.375. The highest BCUT2D eigenvalue weighted by molar-refractivity contribution is 6.09. The van der Waals surface area contributed by atoms with Crippen molar-refractivity contribution in [3.8, 4) is 11.1 Å². The first kappa shape index (κ1) is 26.8. The molecule has 0 bridgehead atoms. The van der Waals surface area contributed by atoms with Gasteiger partial charge in [-0.1, -0.05) is 36.4 Å². The van der Waals surface area contributed by atoms with E-state index in [4.69, 9.17) is 0 Å². The number of fused-ring (bicyclic) bond motifs is 1. The summed E-state index contributed by atoms with van der Waals surface area (Å²) in [5, 5.41) is 17.3. The zero-order chi connectivity index (χ0) is 28.3. The summed E-state index contributed by atoms with van der Waals surface area (Å²) >= 11 is 0. The van der Waals surface area contributed by atoms with Gasteiger partial charge in [-0.25, -0.2) is 0 Å². The number of hydrogen-bond donors (Lipinski definition) is 2. The summed E-state index contributed by atoms with van der Waals surface area (Å²) in [5.74, 6) is 0.580. The first-order valence-corrected chi connectivity index (χ1v) is 14.5.